The second-order valence-corrected chi connectivity index (χ2v) is 6.62. The largest absolute Gasteiger partial charge is 0.351 e. The third-order valence-corrected chi connectivity index (χ3v) is 4.41. The van der Waals surface area contributed by atoms with Gasteiger partial charge in [-0.25, -0.2) is 4.79 Å². The molecule has 3 rings (SSSR count). The highest BCUT2D eigenvalue weighted by Gasteiger charge is 2.08. The average Bonchev–Trinajstić information content (AvgIpc) is 3.09. The molecule has 0 aliphatic heterocycles. The first-order valence-electron chi connectivity index (χ1n) is 9.03. The fourth-order valence-corrected chi connectivity index (χ4v) is 2.93. The molecule has 1 heterocycles. The minimum atomic E-state index is -0.623. The molecule has 0 radical (unpaired) electrons. The fraction of sp³-hybridized carbons (Fsp3) is 0.190. The summed E-state index contributed by atoms with van der Waals surface area (Å²) in [6.45, 7) is 2.10. The number of urea groups is 1. The summed E-state index contributed by atoms with van der Waals surface area (Å²) < 4.78 is 0. The molecule has 2 aromatic carbocycles. The molecule has 0 saturated carbocycles. The highest BCUT2D eigenvalue weighted by atomic mass is 16.2. The molecule has 7 nitrogen and oxygen atoms in total. The van der Waals surface area contributed by atoms with Gasteiger partial charge in [-0.05, 0) is 48.6 Å². The van der Waals surface area contributed by atoms with Crippen molar-refractivity contribution in [1.29, 1.82) is 0 Å². The van der Waals surface area contributed by atoms with Gasteiger partial charge in [0.15, 0.2) is 5.82 Å². The van der Waals surface area contributed by atoms with Crippen LogP contribution in [0.5, 0.6) is 0 Å². The number of nitrogens with zero attached hydrogens (tertiary/aromatic N) is 1. The van der Waals surface area contributed by atoms with E-state index in [1.54, 1.807) is 24.3 Å². The number of aromatic amines is 1. The molecule has 0 aliphatic carbocycles. The Kier molecular flexibility index (Phi) is 6.06. The second kappa shape index (κ2) is 8.85. The lowest BCUT2D eigenvalue weighted by Gasteiger charge is -2.05. The molecule has 3 amide bonds. The van der Waals surface area contributed by atoms with Gasteiger partial charge in [-0.1, -0.05) is 36.4 Å². The maximum Gasteiger partial charge on any atom is 0.316 e. The smallest absolute Gasteiger partial charge is 0.316 e. The van der Waals surface area contributed by atoms with E-state index in [-0.39, 0.29) is 12.3 Å². The molecule has 0 atom stereocenters. The first kappa shape index (κ1) is 19.2. The van der Waals surface area contributed by atoms with Gasteiger partial charge < -0.3 is 16.4 Å². The van der Waals surface area contributed by atoms with Crippen LogP contribution in [0.2, 0.25) is 0 Å². The third-order valence-electron chi connectivity index (χ3n) is 4.41. The molecule has 0 fully saturated rings. The Morgan fingerprint density at radius 3 is 2.50 bits per heavy atom. The van der Waals surface area contributed by atoms with Crippen molar-refractivity contribution in [2.75, 3.05) is 10.6 Å². The lowest BCUT2D eigenvalue weighted by atomic mass is 10.0. The van der Waals surface area contributed by atoms with Crippen molar-refractivity contribution in [3.8, 4) is 0 Å². The van der Waals surface area contributed by atoms with Gasteiger partial charge >= 0.3 is 6.03 Å². The number of aryl methyl sites for hydroxylation is 3. The van der Waals surface area contributed by atoms with Crippen LogP contribution < -0.4 is 16.4 Å². The topological polar surface area (TPSA) is 113 Å². The molecule has 3 aromatic rings. The van der Waals surface area contributed by atoms with Gasteiger partial charge in [0.25, 0.3) is 0 Å². The molecule has 0 spiro atoms. The molecular formula is C21H23N5O2. The Balaban J connectivity index is 1.51. The highest BCUT2D eigenvalue weighted by molar-refractivity contribution is 5.91. The monoisotopic (exact) mass is 377 g/mol. The van der Waals surface area contributed by atoms with E-state index < -0.39 is 6.03 Å². The summed E-state index contributed by atoms with van der Waals surface area (Å²) in [4.78, 5) is 23.0. The molecule has 0 unspecified atom stereocenters. The molecule has 1 aromatic heterocycles. The van der Waals surface area contributed by atoms with Crippen molar-refractivity contribution in [2.24, 2.45) is 5.73 Å². The Morgan fingerprint density at radius 1 is 1.04 bits per heavy atom. The van der Waals surface area contributed by atoms with Crippen LogP contribution in [0.15, 0.2) is 54.6 Å². The van der Waals surface area contributed by atoms with E-state index >= 15 is 0 Å². The maximum atomic E-state index is 12.2. The number of aromatic nitrogens is 2. The summed E-state index contributed by atoms with van der Waals surface area (Å²) in [7, 11) is 0. The lowest BCUT2D eigenvalue weighted by molar-refractivity contribution is -0.115. The van der Waals surface area contributed by atoms with Gasteiger partial charge in [0.1, 0.15) is 0 Å². The number of hydrogen-bond donors (Lipinski definition) is 4. The van der Waals surface area contributed by atoms with E-state index in [1.165, 1.54) is 11.1 Å². The van der Waals surface area contributed by atoms with Crippen LogP contribution in [-0.2, 0) is 24.1 Å². The first-order chi connectivity index (χ1) is 13.5. The van der Waals surface area contributed by atoms with E-state index in [0.29, 0.717) is 11.5 Å². The summed E-state index contributed by atoms with van der Waals surface area (Å²) >= 11 is 0. The van der Waals surface area contributed by atoms with Gasteiger partial charge in [-0.15, -0.1) is 0 Å². The number of rotatable bonds is 7. The van der Waals surface area contributed by atoms with Crippen molar-refractivity contribution in [2.45, 2.75) is 26.2 Å². The standard InChI is InChI=1S/C21H23N5O2/c1-14-4-2-3-5-16(14)8-11-18-13-19(26-25-18)24-20(27)12-15-6-9-17(10-7-15)23-21(22)28/h2-7,9-10,13H,8,11-12H2,1H3,(H3,22,23,28)(H2,24,25,26,27). The molecule has 7 heteroatoms. The molecule has 144 valence electrons. The Bertz CT molecular complexity index is 963. The minimum Gasteiger partial charge on any atom is -0.351 e. The number of nitrogens with one attached hydrogen (secondary N) is 3. The fourth-order valence-electron chi connectivity index (χ4n) is 2.93. The van der Waals surface area contributed by atoms with E-state index in [1.807, 2.05) is 18.2 Å². The van der Waals surface area contributed by atoms with E-state index in [4.69, 9.17) is 5.73 Å². The van der Waals surface area contributed by atoms with Crippen molar-refractivity contribution in [3.05, 3.63) is 77.0 Å². The number of carbonyl (C=O) groups is 2. The zero-order valence-corrected chi connectivity index (χ0v) is 15.7. The normalized spacial score (nSPS) is 10.5. The number of amides is 3. The van der Waals surface area contributed by atoms with Crippen LogP contribution in [-0.4, -0.2) is 22.1 Å². The molecule has 5 N–H and O–H groups in total. The number of benzene rings is 2. The van der Waals surface area contributed by atoms with E-state index in [9.17, 15) is 9.59 Å². The van der Waals surface area contributed by atoms with Crippen molar-refractivity contribution in [3.63, 3.8) is 0 Å². The first-order valence-corrected chi connectivity index (χ1v) is 9.03. The zero-order valence-electron chi connectivity index (χ0n) is 15.7. The van der Waals surface area contributed by atoms with Crippen molar-refractivity contribution < 1.29 is 9.59 Å². The van der Waals surface area contributed by atoms with Crippen molar-refractivity contribution in [1.82, 2.24) is 10.2 Å². The number of hydrogen-bond acceptors (Lipinski definition) is 3. The number of H-pyrrole nitrogens is 1. The summed E-state index contributed by atoms with van der Waals surface area (Å²) in [5, 5.41) is 12.4. The van der Waals surface area contributed by atoms with E-state index in [0.717, 1.165) is 24.1 Å². The van der Waals surface area contributed by atoms with Crippen LogP contribution in [0.1, 0.15) is 22.4 Å². The molecule has 0 bridgehead atoms. The number of nitrogens with two attached hydrogens (primary N) is 1. The maximum absolute atomic E-state index is 12.2. The predicted octanol–water partition coefficient (Wildman–Crippen LogP) is 3.18. The summed E-state index contributed by atoms with van der Waals surface area (Å²) in [6.07, 6.45) is 1.94. The summed E-state index contributed by atoms with van der Waals surface area (Å²) in [6, 6.07) is 16.5. The zero-order chi connectivity index (χ0) is 19.9. The van der Waals surface area contributed by atoms with Gasteiger partial charge in [0.05, 0.1) is 6.42 Å². The third kappa shape index (κ3) is 5.44. The Morgan fingerprint density at radius 2 is 1.79 bits per heavy atom. The van der Waals surface area contributed by atoms with Crippen LogP contribution in [0, 0.1) is 6.92 Å². The van der Waals surface area contributed by atoms with Crippen LogP contribution in [0.25, 0.3) is 0 Å². The molecular weight excluding hydrogens is 354 g/mol. The van der Waals surface area contributed by atoms with E-state index in [2.05, 4.69) is 39.9 Å². The SMILES string of the molecule is Cc1ccccc1CCc1cc(NC(=O)Cc2ccc(NC(N)=O)cc2)n[nH]1. The second-order valence-electron chi connectivity index (χ2n) is 6.62. The van der Waals surface area contributed by atoms with Gasteiger partial charge in [-0.2, -0.15) is 5.10 Å². The molecule has 0 aliphatic rings. The van der Waals surface area contributed by atoms with Crippen LogP contribution in [0.3, 0.4) is 0 Å². The number of anilines is 2. The molecule has 0 saturated heterocycles. The number of carbonyl (C=O) groups excluding carboxylic acids is 2. The molecule has 28 heavy (non-hydrogen) atoms. The Hall–Kier alpha value is -3.61. The minimum absolute atomic E-state index is 0.160. The van der Waals surface area contributed by atoms with Crippen LogP contribution >= 0.6 is 0 Å². The van der Waals surface area contributed by atoms with Gasteiger partial charge in [0.2, 0.25) is 5.91 Å². The van der Waals surface area contributed by atoms with Gasteiger partial charge in [-0.3, -0.25) is 9.89 Å². The average molecular weight is 377 g/mol. The lowest BCUT2D eigenvalue weighted by Crippen LogP contribution is -2.19. The quantitative estimate of drug-likeness (QED) is 0.507. The number of primary amides is 1. The Labute approximate surface area is 163 Å². The highest BCUT2D eigenvalue weighted by Crippen LogP contribution is 2.14. The van der Waals surface area contributed by atoms with Gasteiger partial charge in [0, 0.05) is 17.4 Å². The summed E-state index contributed by atoms with van der Waals surface area (Å²) in [5.74, 6) is 0.351. The summed E-state index contributed by atoms with van der Waals surface area (Å²) in [5.41, 5.74) is 10.0. The van der Waals surface area contributed by atoms with Crippen molar-refractivity contribution >= 4 is 23.4 Å². The van der Waals surface area contributed by atoms with Crippen LogP contribution in [0.4, 0.5) is 16.3 Å². The predicted molar refractivity (Wildman–Crippen MR) is 109 cm³/mol.